The molecule has 7 nitrogen and oxygen atoms in total. The molecule has 0 radical (unpaired) electrons. The molecule has 0 spiro atoms. The molecule has 0 amide bonds. The molecule has 7 heteroatoms. The molecule has 0 atom stereocenters. The summed E-state index contributed by atoms with van der Waals surface area (Å²) in [5.74, 6) is -4.17. The Morgan fingerprint density at radius 3 is 2.15 bits per heavy atom. The Morgan fingerprint density at radius 1 is 0.778 bits per heavy atom. The van der Waals surface area contributed by atoms with Crippen LogP contribution in [0.5, 0.6) is 0 Å². The monoisotopic (exact) mass is 370 g/mol. The van der Waals surface area contributed by atoms with Crippen molar-refractivity contribution >= 4 is 23.5 Å². The van der Waals surface area contributed by atoms with Crippen molar-refractivity contribution in [1.82, 2.24) is 0 Å². The Balaban J connectivity index is 1.72. The van der Waals surface area contributed by atoms with Crippen molar-refractivity contribution in [2.45, 2.75) is 6.42 Å². The predicted octanol–water partition coefficient (Wildman–Crippen LogP) is 1.94. The van der Waals surface area contributed by atoms with Crippen LogP contribution in [0.4, 0.5) is 0 Å². The van der Waals surface area contributed by atoms with Crippen molar-refractivity contribution in [2.24, 2.45) is 0 Å². The quantitative estimate of drug-likeness (QED) is 0.295. The minimum atomic E-state index is -1.52. The van der Waals surface area contributed by atoms with Crippen molar-refractivity contribution in [2.75, 3.05) is 19.8 Å². The molecule has 0 unspecified atom stereocenters. The zero-order chi connectivity index (χ0) is 19.6. The van der Waals surface area contributed by atoms with E-state index < -0.39 is 23.5 Å². The van der Waals surface area contributed by atoms with Gasteiger partial charge in [-0.3, -0.25) is 9.59 Å². The van der Waals surface area contributed by atoms with Crippen molar-refractivity contribution in [1.29, 1.82) is 0 Å². The fourth-order valence-electron chi connectivity index (χ4n) is 2.33. The van der Waals surface area contributed by atoms with E-state index in [4.69, 9.17) is 14.6 Å². The second-order valence-electron chi connectivity index (χ2n) is 5.48. The van der Waals surface area contributed by atoms with E-state index in [2.05, 4.69) is 0 Å². The van der Waals surface area contributed by atoms with Gasteiger partial charge in [0.2, 0.25) is 0 Å². The van der Waals surface area contributed by atoms with Gasteiger partial charge in [-0.2, -0.15) is 0 Å². The number of Topliss-reactive ketones (excluding diaryl/α,β-unsaturated/α-hetero) is 2. The van der Waals surface area contributed by atoms with E-state index in [1.807, 2.05) is 0 Å². The van der Waals surface area contributed by atoms with Crippen molar-refractivity contribution in [3.8, 4) is 0 Å². The topological polar surface area (TPSA) is 107 Å². The first kappa shape index (κ1) is 20.0. The Hall–Kier alpha value is -3.32. The third-order valence-electron chi connectivity index (χ3n) is 3.65. The highest BCUT2D eigenvalue weighted by atomic mass is 16.6. The molecule has 0 aliphatic carbocycles. The van der Waals surface area contributed by atoms with Crippen LogP contribution in [0.2, 0.25) is 0 Å². The fourth-order valence-corrected chi connectivity index (χ4v) is 2.33. The van der Waals surface area contributed by atoms with Gasteiger partial charge in [-0.1, -0.05) is 54.6 Å². The smallest absolute Gasteiger partial charge is 0.379 e. The summed E-state index contributed by atoms with van der Waals surface area (Å²) in [6.45, 7) is 0.185. The van der Waals surface area contributed by atoms with Crippen LogP contribution in [-0.4, -0.2) is 48.4 Å². The Morgan fingerprint density at radius 2 is 1.44 bits per heavy atom. The molecule has 2 aromatic carbocycles. The Bertz CT molecular complexity index is 827. The number of ketones is 2. The molecule has 0 aliphatic heterocycles. The number of carboxylic acid groups (broad SMARTS) is 1. The molecule has 0 bridgehead atoms. The average molecular weight is 370 g/mol. The van der Waals surface area contributed by atoms with E-state index >= 15 is 0 Å². The maximum absolute atomic E-state index is 11.8. The number of carboxylic acids is 1. The van der Waals surface area contributed by atoms with Gasteiger partial charge in [0.05, 0.1) is 13.2 Å². The van der Waals surface area contributed by atoms with Crippen LogP contribution in [0.25, 0.3) is 0 Å². The highest BCUT2D eigenvalue weighted by Crippen LogP contribution is 2.11. The van der Waals surface area contributed by atoms with E-state index in [-0.39, 0.29) is 30.9 Å². The van der Waals surface area contributed by atoms with Crippen molar-refractivity contribution in [3.05, 3.63) is 71.3 Å². The van der Waals surface area contributed by atoms with E-state index in [1.165, 1.54) is 18.2 Å². The molecule has 0 fully saturated rings. The minimum Gasteiger partial charge on any atom is -0.475 e. The summed E-state index contributed by atoms with van der Waals surface area (Å²) in [6.07, 6.45) is 0.325. The van der Waals surface area contributed by atoms with E-state index in [0.717, 1.165) is 0 Å². The van der Waals surface area contributed by atoms with Crippen LogP contribution in [0.15, 0.2) is 54.6 Å². The first-order chi connectivity index (χ1) is 13.0. The predicted molar refractivity (Wildman–Crippen MR) is 94.7 cm³/mol. The molecule has 2 rings (SSSR count). The summed E-state index contributed by atoms with van der Waals surface area (Å²) in [5.41, 5.74) is 0.928. The maximum Gasteiger partial charge on any atom is 0.379 e. The molecular weight excluding hydrogens is 352 g/mol. The van der Waals surface area contributed by atoms with Crippen LogP contribution >= 0.6 is 0 Å². The maximum atomic E-state index is 11.8. The van der Waals surface area contributed by atoms with Gasteiger partial charge in [-0.05, 0) is 12.0 Å². The highest BCUT2D eigenvalue weighted by Gasteiger charge is 2.18. The number of aliphatic carboxylic acids is 1. The summed E-state index contributed by atoms with van der Waals surface area (Å²) < 4.78 is 10.2. The zero-order valence-electron chi connectivity index (χ0n) is 14.4. The Labute approximate surface area is 155 Å². The summed E-state index contributed by atoms with van der Waals surface area (Å²) in [6, 6.07) is 14.5. The molecule has 0 saturated heterocycles. The van der Waals surface area contributed by atoms with Crippen LogP contribution in [0, 0.1) is 0 Å². The molecular formula is C20H18O7. The van der Waals surface area contributed by atoms with Gasteiger partial charge >= 0.3 is 11.9 Å². The number of ether oxygens (including phenoxy) is 2. The summed E-state index contributed by atoms with van der Waals surface area (Å²) in [5, 5.41) is 8.82. The lowest BCUT2D eigenvalue weighted by molar-refractivity contribution is -0.139. The lowest BCUT2D eigenvalue weighted by atomic mass is 10.0. The van der Waals surface area contributed by atoms with Crippen molar-refractivity contribution in [3.63, 3.8) is 0 Å². The lowest BCUT2D eigenvalue weighted by Gasteiger charge is -2.08. The standard InChI is InChI=1S/C20H18O7/c21-17(15-7-2-1-3-8-15)20(25)27-13-12-26-11-10-14-6-4-5-9-16(14)18(22)19(23)24/h1-9H,10-13H2,(H,23,24). The van der Waals surface area contributed by atoms with Gasteiger partial charge < -0.3 is 14.6 Å². The fraction of sp³-hybridized carbons (Fsp3) is 0.200. The van der Waals surface area contributed by atoms with Gasteiger partial charge in [0.1, 0.15) is 6.61 Å². The number of carbonyl (C=O) groups excluding carboxylic acids is 3. The zero-order valence-corrected chi connectivity index (χ0v) is 14.4. The van der Waals surface area contributed by atoms with E-state index in [0.29, 0.717) is 12.0 Å². The number of hydrogen-bond acceptors (Lipinski definition) is 6. The van der Waals surface area contributed by atoms with Crippen molar-refractivity contribution < 1.29 is 33.8 Å². The van der Waals surface area contributed by atoms with Crippen LogP contribution in [0.1, 0.15) is 26.3 Å². The first-order valence-electron chi connectivity index (χ1n) is 8.20. The summed E-state index contributed by atoms with van der Waals surface area (Å²) in [4.78, 5) is 45.9. The molecule has 2 aromatic rings. The van der Waals surface area contributed by atoms with Gasteiger partial charge in [0, 0.05) is 11.1 Å². The van der Waals surface area contributed by atoms with Gasteiger partial charge in [0.25, 0.3) is 11.6 Å². The van der Waals surface area contributed by atoms with Gasteiger partial charge in [-0.25, -0.2) is 9.59 Å². The third kappa shape index (κ3) is 5.86. The van der Waals surface area contributed by atoms with Crippen LogP contribution in [-0.2, 0) is 25.5 Å². The summed E-state index contributed by atoms with van der Waals surface area (Å²) in [7, 11) is 0. The SMILES string of the molecule is O=C(O)C(=O)c1ccccc1CCOCCOC(=O)C(=O)c1ccccc1. The van der Waals surface area contributed by atoms with Gasteiger partial charge in [0.15, 0.2) is 0 Å². The van der Waals surface area contributed by atoms with Gasteiger partial charge in [-0.15, -0.1) is 0 Å². The number of benzene rings is 2. The molecule has 1 N–H and O–H groups in total. The first-order valence-corrected chi connectivity index (χ1v) is 8.20. The van der Waals surface area contributed by atoms with E-state index in [1.54, 1.807) is 36.4 Å². The highest BCUT2D eigenvalue weighted by molar-refractivity contribution is 6.40. The second-order valence-corrected chi connectivity index (χ2v) is 5.48. The number of rotatable bonds is 10. The second kappa shape index (κ2) is 9.98. The number of hydrogen-bond donors (Lipinski definition) is 1. The minimum absolute atomic E-state index is 0.0723. The van der Waals surface area contributed by atoms with E-state index in [9.17, 15) is 19.2 Å². The molecule has 0 saturated carbocycles. The number of esters is 1. The normalized spacial score (nSPS) is 10.2. The third-order valence-corrected chi connectivity index (χ3v) is 3.65. The largest absolute Gasteiger partial charge is 0.475 e. The summed E-state index contributed by atoms with van der Waals surface area (Å²) >= 11 is 0. The molecule has 27 heavy (non-hydrogen) atoms. The molecule has 0 heterocycles. The average Bonchev–Trinajstić information content (AvgIpc) is 2.70. The molecule has 0 aliphatic rings. The lowest BCUT2D eigenvalue weighted by Crippen LogP contribution is -2.20. The molecule has 0 aromatic heterocycles. The number of carbonyl (C=O) groups is 4. The molecule has 140 valence electrons. The van der Waals surface area contributed by atoms with Crippen LogP contribution < -0.4 is 0 Å². The van der Waals surface area contributed by atoms with Crippen LogP contribution in [0.3, 0.4) is 0 Å². The Kier molecular flexibility index (Phi) is 7.39.